The van der Waals surface area contributed by atoms with E-state index in [0.717, 1.165) is 16.9 Å². The molecule has 144 valence electrons. The summed E-state index contributed by atoms with van der Waals surface area (Å²) in [5.74, 6) is -0.389. The topological polar surface area (TPSA) is 70.2 Å². The Balaban J connectivity index is 1.60. The molecular weight excluding hydrogens is 370 g/mol. The Morgan fingerprint density at radius 2 is 1.71 bits per heavy atom. The van der Waals surface area contributed by atoms with Crippen molar-refractivity contribution in [2.24, 2.45) is 0 Å². The van der Waals surface area contributed by atoms with Crippen LogP contribution in [-0.4, -0.2) is 18.5 Å². The number of amides is 3. The van der Waals surface area contributed by atoms with E-state index < -0.39 is 6.03 Å². The Kier molecular flexibility index (Phi) is 6.94. The standard InChI is InChI=1S/C22H23N3O2S/c1-2-16-10-12-17(13-11-16)21(19-9-6-14-28-19)23-15-20(26)25-22(27)24-18-7-4-3-5-8-18/h3-14,21,23H,2,15H2,1H3,(H2,24,25,26,27)/t21-/m0/s1. The highest BCUT2D eigenvalue weighted by molar-refractivity contribution is 7.10. The van der Waals surface area contributed by atoms with Gasteiger partial charge in [-0.3, -0.25) is 15.4 Å². The number of nitrogens with one attached hydrogen (secondary N) is 3. The second kappa shape index (κ2) is 9.82. The molecule has 3 amide bonds. The summed E-state index contributed by atoms with van der Waals surface area (Å²) in [6.07, 6.45) is 0.982. The van der Waals surface area contributed by atoms with Gasteiger partial charge in [-0.05, 0) is 41.1 Å². The summed E-state index contributed by atoms with van der Waals surface area (Å²) in [6, 6.07) is 20.7. The van der Waals surface area contributed by atoms with Crippen LogP contribution in [0.2, 0.25) is 0 Å². The summed E-state index contributed by atoms with van der Waals surface area (Å²) in [5.41, 5.74) is 2.98. The maximum Gasteiger partial charge on any atom is 0.325 e. The molecule has 0 radical (unpaired) electrons. The molecule has 0 aliphatic carbocycles. The normalized spacial score (nSPS) is 11.6. The summed E-state index contributed by atoms with van der Waals surface area (Å²) in [5, 5.41) is 10.3. The van der Waals surface area contributed by atoms with Gasteiger partial charge in [0.05, 0.1) is 12.6 Å². The van der Waals surface area contributed by atoms with Gasteiger partial charge in [-0.25, -0.2) is 4.79 Å². The molecule has 5 nitrogen and oxygen atoms in total. The van der Waals surface area contributed by atoms with Gasteiger partial charge in [0.1, 0.15) is 0 Å². The van der Waals surface area contributed by atoms with Crippen molar-refractivity contribution < 1.29 is 9.59 Å². The van der Waals surface area contributed by atoms with Gasteiger partial charge in [0.2, 0.25) is 5.91 Å². The van der Waals surface area contributed by atoms with Gasteiger partial charge in [0.25, 0.3) is 0 Å². The second-order valence-corrected chi connectivity index (χ2v) is 7.27. The van der Waals surface area contributed by atoms with E-state index in [4.69, 9.17) is 0 Å². The average molecular weight is 394 g/mol. The number of carbonyl (C=O) groups excluding carboxylic acids is 2. The van der Waals surface area contributed by atoms with Crippen LogP contribution in [-0.2, 0) is 11.2 Å². The van der Waals surface area contributed by atoms with Gasteiger partial charge in [0, 0.05) is 10.6 Å². The van der Waals surface area contributed by atoms with Gasteiger partial charge in [-0.2, -0.15) is 0 Å². The fraction of sp³-hybridized carbons (Fsp3) is 0.182. The monoisotopic (exact) mass is 393 g/mol. The van der Waals surface area contributed by atoms with Crippen molar-refractivity contribution >= 4 is 29.0 Å². The molecule has 1 heterocycles. The Labute approximate surface area is 168 Å². The zero-order valence-corrected chi connectivity index (χ0v) is 16.5. The molecule has 3 aromatic rings. The first-order chi connectivity index (χ1) is 13.7. The molecule has 0 aliphatic rings. The number of hydrogen-bond donors (Lipinski definition) is 3. The lowest BCUT2D eigenvalue weighted by atomic mass is 10.0. The van der Waals surface area contributed by atoms with Crippen LogP contribution in [0.1, 0.15) is 29.0 Å². The molecule has 1 aromatic heterocycles. The van der Waals surface area contributed by atoms with Crippen LogP contribution in [0.15, 0.2) is 72.1 Å². The van der Waals surface area contributed by atoms with Gasteiger partial charge in [0.15, 0.2) is 0 Å². The van der Waals surface area contributed by atoms with E-state index in [9.17, 15) is 9.59 Å². The fourth-order valence-electron chi connectivity index (χ4n) is 2.83. The second-order valence-electron chi connectivity index (χ2n) is 6.29. The molecule has 0 fully saturated rings. The van der Waals surface area contributed by atoms with E-state index in [1.165, 1.54) is 5.56 Å². The number of aryl methyl sites for hydroxylation is 1. The highest BCUT2D eigenvalue weighted by atomic mass is 32.1. The molecular formula is C22H23N3O2S. The molecule has 6 heteroatoms. The van der Waals surface area contributed by atoms with E-state index >= 15 is 0 Å². The van der Waals surface area contributed by atoms with Crippen molar-refractivity contribution in [1.29, 1.82) is 0 Å². The molecule has 3 N–H and O–H groups in total. The first-order valence-electron chi connectivity index (χ1n) is 9.17. The fourth-order valence-corrected chi connectivity index (χ4v) is 3.66. The van der Waals surface area contributed by atoms with Crippen molar-refractivity contribution in [2.75, 3.05) is 11.9 Å². The number of carbonyl (C=O) groups is 2. The van der Waals surface area contributed by atoms with Crippen LogP contribution >= 0.6 is 11.3 Å². The van der Waals surface area contributed by atoms with E-state index in [-0.39, 0.29) is 18.5 Å². The van der Waals surface area contributed by atoms with Gasteiger partial charge in [-0.1, -0.05) is 55.5 Å². The van der Waals surface area contributed by atoms with Crippen LogP contribution in [0.25, 0.3) is 0 Å². The average Bonchev–Trinajstić information content (AvgIpc) is 3.24. The van der Waals surface area contributed by atoms with Crippen molar-refractivity contribution in [2.45, 2.75) is 19.4 Å². The number of imide groups is 1. The highest BCUT2D eigenvalue weighted by Gasteiger charge is 2.17. The van der Waals surface area contributed by atoms with E-state index in [2.05, 4.69) is 47.1 Å². The maximum atomic E-state index is 12.2. The maximum absolute atomic E-state index is 12.2. The van der Waals surface area contributed by atoms with E-state index in [1.807, 2.05) is 35.7 Å². The molecule has 0 bridgehead atoms. The number of hydrogen-bond acceptors (Lipinski definition) is 4. The van der Waals surface area contributed by atoms with Crippen molar-refractivity contribution in [3.05, 3.63) is 88.1 Å². The zero-order valence-electron chi connectivity index (χ0n) is 15.6. The minimum absolute atomic E-state index is 0.0281. The van der Waals surface area contributed by atoms with Crippen LogP contribution in [0.5, 0.6) is 0 Å². The summed E-state index contributed by atoms with van der Waals surface area (Å²) in [7, 11) is 0. The van der Waals surface area contributed by atoms with Crippen LogP contribution < -0.4 is 16.0 Å². The highest BCUT2D eigenvalue weighted by Crippen LogP contribution is 2.26. The third-order valence-electron chi connectivity index (χ3n) is 4.30. The van der Waals surface area contributed by atoms with E-state index in [0.29, 0.717) is 5.69 Å². The lowest BCUT2D eigenvalue weighted by molar-refractivity contribution is -0.119. The van der Waals surface area contributed by atoms with Gasteiger partial charge < -0.3 is 5.32 Å². The number of anilines is 1. The molecule has 2 aromatic carbocycles. The summed E-state index contributed by atoms with van der Waals surface area (Å²) in [6.45, 7) is 2.15. The Hall–Kier alpha value is -2.96. The minimum Gasteiger partial charge on any atom is -0.308 e. The lowest BCUT2D eigenvalue weighted by Crippen LogP contribution is -2.41. The third-order valence-corrected chi connectivity index (χ3v) is 5.24. The molecule has 3 rings (SSSR count). The van der Waals surface area contributed by atoms with Crippen LogP contribution in [0.3, 0.4) is 0 Å². The molecule has 0 unspecified atom stereocenters. The summed E-state index contributed by atoms with van der Waals surface area (Å²) in [4.78, 5) is 25.3. The van der Waals surface area contributed by atoms with Crippen molar-refractivity contribution in [1.82, 2.24) is 10.6 Å². The number of benzene rings is 2. The predicted molar refractivity (Wildman–Crippen MR) is 114 cm³/mol. The first kappa shape index (κ1) is 19.8. The quantitative estimate of drug-likeness (QED) is 0.559. The zero-order chi connectivity index (χ0) is 19.8. The largest absolute Gasteiger partial charge is 0.325 e. The molecule has 0 aliphatic heterocycles. The third kappa shape index (κ3) is 5.52. The van der Waals surface area contributed by atoms with Crippen molar-refractivity contribution in [3.8, 4) is 0 Å². The lowest BCUT2D eigenvalue weighted by Gasteiger charge is -2.18. The molecule has 0 saturated carbocycles. The first-order valence-corrected chi connectivity index (χ1v) is 10.0. The number of thiophene rings is 1. The summed E-state index contributed by atoms with van der Waals surface area (Å²) < 4.78 is 0. The van der Waals surface area contributed by atoms with Crippen molar-refractivity contribution in [3.63, 3.8) is 0 Å². The number of urea groups is 1. The van der Waals surface area contributed by atoms with E-state index in [1.54, 1.807) is 23.5 Å². The Morgan fingerprint density at radius 3 is 2.36 bits per heavy atom. The van der Waals surface area contributed by atoms with Crippen LogP contribution in [0.4, 0.5) is 10.5 Å². The minimum atomic E-state index is -0.544. The molecule has 1 atom stereocenters. The van der Waals surface area contributed by atoms with Crippen LogP contribution in [0, 0.1) is 0 Å². The molecule has 0 spiro atoms. The SMILES string of the molecule is CCc1ccc([C@H](NCC(=O)NC(=O)Nc2ccccc2)c2cccs2)cc1. The number of para-hydroxylation sites is 1. The van der Waals surface area contributed by atoms with Gasteiger partial charge >= 0.3 is 6.03 Å². The predicted octanol–water partition coefficient (Wildman–Crippen LogP) is 4.34. The van der Waals surface area contributed by atoms with Gasteiger partial charge in [-0.15, -0.1) is 11.3 Å². The Morgan fingerprint density at radius 1 is 0.964 bits per heavy atom. The molecule has 0 saturated heterocycles. The smallest absolute Gasteiger partial charge is 0.308 e. The Bertz CT molecular complexity index is 893. The summed E-state index contributed by atoms with van der Waals surface area (Å²) >= 11 is 1.63. The number of rotatable bonds is 7. The molecule has 28 heavy (non-hydrogen) atoms.